The van der Waals surface area contributed by atoms with Gasteiger partial charge in [0, 0.05) is 26.1 Å². The van der Waals surface area contributed by atoms with E-state index in [1.54, 1.807) is 4.90 Å². The number of rotatable bonds is 7. The molecular weight excluding hydrogens is 270 g/mol. The highest BCUT2D eigenvalue weighted by Crippen LogP contribution is 2.18. The number of carboxylic acid groups (broad SMARTS) is 1. The molecule has 1 N–H and O–H groups in total. The van der Waals surface area contributed by atoms with Crippen LogP contribution in [-0.2, 0) is 20.9 Å². The number of nitrogens with zero attached hydrogens (tertiary/aromatic N) is 1. The van der Waals surface area contributed by atoms with Crippen molar-refractivity contribution in [1.29, 1.82) is 0 Å². The minimum absolute atomic E-state index is 0.0711. The fourth-order valence-electron chi connectivity index (χ4n) is 2.48. The highest BCUT2D eigenvalue weighted by Gasteiger charge is 2.27. The first-order valence-electron chi connectivity index (χ1n) is 7.29. The Morgan fingerprint density at radius 2 is 2.05 bits per heavy atom. The second-order valence-electron chi connectivity index (χ2n) is 5.30. The maximum atomic E-state index is 12.5. The Balaban J connectivity index is 1.98. The number of carbonyl (C=O) groups is 2. The standard InChI is InChI=1S/C16H21NO4/c18-15(19)7-4-9-17(11-13-5-2-1-3-6-13)16(20)14-8-10-21-12-14/h1-3,5-6,14H,4,7-12H2,(H,18,19). The second-order valence-corrected chi connectivity index (χ2v) is 5.30. The van der Waals surface area contributed by atoms with Gasteiger partial charge in [0.05, 0.1) is 12.5 Å². The van der Waals surface area contributed by atoms with E-state index in [4.69, 9.17) is 9.84 Å². The van der Waals surface area contributed by atoms with Crippen molar-refractivity contribution in [2.24, 2.45) is 5.92 Å². The van der Waals surface area contributed by atoms with Crippen molar-refractivity contribution >= 4 is 11.9 Å². The van der Waals surface area contributed by atoms with Crippen molar-refractivity contribution in [2.45, 2.75) is 25.8 Å². The molecule has 1 amide bonds. The van der Waals surface area contributed by atoms with E-state index in [-0.39, 0.29) is 18.2 Å². The smallest absolute Gasteiger partial charge is 0.303 e. The largest absolute Gasteiger partial charge is 0.481 e. The Bertz CT molecular complexity index is 468. The lowest BCUT2D eigenvalue weighted by atomic mass is 10.1. The number of hydrogen-bond acceptors (Lipinski definition) is 3. The summed E-state index contributed by atoms with van der Waals surface area (Å²) in [6.45, 7) is 2.10. The van der Waals surface area contributed by atoms with Gasteiger partial charge >= 0.3 is 5.97 Å². The van der Waals surface area contributed by atoms with Gasteiger partial charge in [-0.25, -0.2) is 0 Å². The quantitative estimate of drug-likeness (QED) is 0.833. The first-order chi connectivity index (χ1) is 10.2. The fourth-order valence-corrected chi connectivity index (χ4v) is 2.48. The van der Waals surface area contributed by atoms with Gasteiger partial charge in [0.1, 0.15) is 0 Å². The lowest BCUT2D eigenvalue weighted by molar-refractivity contribution is -0.139. The van der Waals surface area contributed by atoms with Gasteiger partial charge in [-0.05, 0) is 18.4 Å². The molecular formula is C16H21NO4. The zero-order valence-electron chi connectivity index (χ0n) is 12.0. The number of carbonyl (C=O) groups excluding carboxylic acids is 1. The van der Waals surface area contributed by atoms with Crippen LogP contribution in [-0.4, -0.2) is 41.6 Å². The molecule has 1 aromatic rings. The zero-order valence-corrected chi connectivity index (χ0v) is 12.0. The minimum Gasteiger partial charge on any atom is -0.481 e. The van der Waals surface area contributed by atoms with Gasteiger partial charge in [-0.15, -0.1) is 0 Å². The van der Waals surface area contributed by atoms with E-state index in [1.807, 2.05) is 30.3 Å². The molecule has 5 heteroatoms. The van der Waals surface area contributed by atoms with Crippen LogP contribution in [0.5, 0.6) is 0 Å². The van der Waals surface area contributed by atoms with Crippen LogP contribution in [0.3, 0.4) is 0 Å². The predicted octanol–water partition coefficient (Wildman–Crippen LogP) is 1.92. The third kappa shape index (κ3) is 4.86. The highest BCUT2D eigenvalue weighted by atomic mass is 16.5. The van der Waals surface area contributed by atoms with E-state index in [9.17, 15) is 9.59 Å². The van der Waals surface area contributed by atoms with Gasteiger partial charge in [0.25, 0.3) is 0 Å². The Kier molecular flexibility index (Phi) is 5.75. The summed E-state index contributed by atoms with van der Waals surface area (Å²) in [7, 11) is 0. The molecule has 2 rings (SSSR count). The topological polar surface area (TPSA) is 66.8 Å². The van der Waals surface area contributed by atoms with E-state index in [0.717, 1.165) is 12.0 Å². The summed E-state index contributed by atoms with van der Waals surface area (Å²) in [5.74, 6) is -0.841. The van der Waals surface area contributed by atoms with E-state index in [1.165, 1.54) is 0 Å². The molecule has 114 valence electrons. The summed E-state index contributed by atoms with van der Waals surface area (Å²) in [6, 6.07) is 9.76. The fraction of sp³-hybridized carbons (Fsp3) is 0.500. The molecule has 0 aliphatic carbocycles. The number of ether oxygens (including phenoxy) is 1. The summed E-state index contributed by atoms with van der Waals surface area (Å²) in [4.78, 5) is 24.9. The summed E-state index contributed by atoms with van der Waals surface area (Å²) < 4.78 is 5.28. The second kappa shape index (κ2) is 7.78. The van der Waals surface area contributed by atoms with Crippen molar-refractivity contribution in [1.82, 2.24) is 4.90 Å². The average Bonchev–Trinajstić information content (AvgIpc) is 3.00. The minimum atomic E-state index is -0.827. The van der Waals surface area contributed by atoms with Crippen molar-refractivity contribution in [3.63, 3.8) is 0 Å². The normalized spacial score (nSPS) is 17.6. The van der Waals surface area contributed by atoms with Crippen LogP contribution in [0.15, 0.2) is 30.3 Å². The number of aliphatic carboxylic acids is 1. The van der Waals surface area contributed by atoms with E-state index < -0.39 is 5.97 Å². The highest BCUT2D eigenvalue weighted by molar-refractivity contribution is 5.79. The third-order valence-corrected chi connectivity index (χ3v) is 3.63. The van der Waals surface area contributed by atoms with Crippen LogP contribution < -0.4 is 0 Å². The number of benzene rings is 1. The summed E-state index contributed by atoms with van der Waals surface area (Å²) in [5.41, 5.74) is 1.06. The number of amides is 1. The number of hydrogen-bond donors (Lipinski definition) is 1. The molecule has 1 saturated heterocycles. The van der Waals surface area contributed by atoms with Crippen molar-refractivity contribution in [2.75, 3.05) is 19.8 Å². The van der Waals surface area contributed by atoms with Crippen LogP contribution >= 0.6 is 0 Å². The van der Waals surface area contributed by atoms with Gasteiger partial charge in [-0.3, -0.25) is 9.59 Å². The van der Waals surface area contributed by atoms with Gasteiger partial charge < -0.3 is 14.7 Å². The Hall–Kier alpha value is -1.88. The molecule has 5 nitrogen and oxygen atoms in total. The number of carboxylic acids is 1. The summed E-state index contributed by atoms with van der Waals surface area (Å²) in [5, 5.41) is 8.74. The Morgan fingerprint density at radius 3 is 2.67 bits per heavy atom. The van der Waals surface area contributed by atoms with Crippen molar-refractivity contribution in [3.8, 4) is 0 Å². The monoisotopic (exact) mass is 291 g/mol. The molecule has 0 bridgehead atoms. The van der Waals surface area contributed by atoms with Gasteiger partial charge in [-0.2, -0.15) is 0 Å². The van der Waals surface area contributed by atoms with Crippen molar-refractivity contribution in [3.05, 3.63) is 35.9 Å². The first kappa shape index (κ1) is 15.5. The summed E-state index contributed by atoms with van der Waals surface area (Å²) >= 11 is 0. The lowest BCUT2D eigenvalue weighted by Gasteiger charge is -2.25. The van der Waals surface area contributed by atoms with E-state index >= 15 is 0 Å². The average molecular weight is 291 g/mol. The van der Waals surface area contributed by atoms with Crippen molar-refractivity contribution < 1.29 is 19.4 Å². The molecule has 0 saturated carbocycles. The molecule has 21 heavy (non-hydrogen) atoms. The summed E-state index contributed by atoms with van der Waals surface area (Å²) in [6.07, 6.45) is 1.31. The first-order valence-corrected chi connectivity index (χ1v) is 7.29. The van der Waals surface area contributed by atoms with Crippen LogP contribution in [0, 0.1) is 5.92 Å². The maximum Gasteiger partial charge on any atom is 0.303 e. The predicted molar refractivity (Wildman–Crippen MR) is 77.7 cm³/mol. The molecule has 1 unspecified atom stereocenters. The Labute approximate surface area is 124 Å². The maximum absolute atomic E-state index is 12.5. The van der Waals surface area contributed by atoms with Crippen LogP contribution in [0.2, 0.25) is 0 Å². The molecule has 1 heterocycles. The van der Waals surface area contributed by atoms with Crippen LogP contribution in [0.4, 0.5) is 0 Å². The molecule has 1 aliphatic rings. The molecule has 1 fully saturated rings. The third-order valence-electron chi connectivity index (χ3n) is 3.63. The molecule has 0 aromatic heterocycles. The zero-order chi connectivity index (χ0) is 15.1. The van der Waals surface area contributed by atoms with E-state index in [2.05, 4.69) is 0 Å². The van der Waals surface area contributed by atoms with Crippen LogP contribution in [0.25, 0.3) is 0 Å². The van der Waals surface area contributed by atoms with Crippen LogP contribution in [0.1, 0.15) is 24.8 Å². The Morgan fingerprint density at radius 1 is 1.29 bits per heavy atom. The molecule has 0 radical (unpaired) electrons. The molecule has 1 aromatic carbocycles. The molecule has 0 spiro atoms. The molecule has 1 atom stereocenters. The van der Waals surface area contributed by atoms with Gasteiger partial charge in [-0.1, -0.05) is 30.3 Å². The lowest BCUT2D eigenvalue weighted by Crippen LogP contribution is -2.37. The van der Waals surface area contributed by atoms with Gasteiger partial charge in [0.2, 0.25) is 5.91 Å². The SMILES string of the molecule is O=C(O)CCCN(Cc1ccccc1)C(=O)C1CCOC1. The van der Waals surface area contributed by atoms with E-state index in [0.29, 0.717) is 32.7 Å². The van der Waals surface area contributed by atoms with Gasteiger partial charge in [0.15, 0.2) is 0 Å². The molecule has 1 aliphatic heterocycles.